The first-order valence-electron chi connectivity index (χ1n) is 9.80. The fraction of sp³-hybridized carbons (Fsp3) is 0.364. The molecule has 1 heterocycles. The van der Waals surface area contributed by atoms with E-state index in [0.29, 0.717) is 23.2 Å². The van der Waals surface area contributed by atoms with Crippen LogP contribution in [0.3, 0.4) is 0 Å². The maximum atomic E-state index is 13.1. The summed E-state index contributed by atoms with van der Waals surface area (Å²) in [5.74, 6) is 1.27. The van der Waals surface area contributed by atoms with Crippen molar-refractivity contribution in [2.24, 2.45) is 0 Å². The summed E-state index contributed by atoms with van der Waals surface area (Å²) in [5.41, 5.74) is 0.777. The second-order valence-electron chi connectivity index (χ2n) is 6.48. The second kappa shape index (κ2) is 10.2. The Morgan fingerprint density at radius 1 is 1.03 bits per heavy atom. The molecule has 0 aliphatic rings. The molecule has 0 aliphatic carbocycles. The van der Waals surface area contributed by atoms with Gasteiger partial charge >= 0.3 is 0 Å². The van der Waals surface area contributed by atoms with Crippen molar-refractivity contribution in [2.45, 2.75) is 13.8 Å². The molecule has 1 aromatic heterocycles. The largest absolute Gasteiger partial charge is 0.494 e. The van der Waals surface area contributed by atoms with E-state index in [1.165, 1.54) is 11.3 Å². The number of likely N-dealkylation sites (N-methyl/N-ethyl adjacent to an activating group) is 1. The minimum atomic E-state index is -0.112. The maximum Gasteiger partial charge on any atom is 0.266 e. The smallest absolute Gasteiger partial charge is 0.266 e. The summed E-state index contributed by atoms with van der Waals surface area (Å²) >= 11 is 1.49. The van der Waals surface area contributed by atoms with Crippen molar-refractivity contribution in [3.05, 3.63) is 48.5 Å². The minimum absolute atomic E-state index is 0.0324. The number of methoxy groups -OCH3 is 1. The van der Waals surface area contributed by atoms with E-state index >= 15 is 0 Å². The monoisotopic (exact) mass is 413 g/mol. The van der Waals surface area contributed by atoms with E-state index in [0.717, 1.165) is 29.9 Å². The van der Waals surface area contributed by atoms with Crippen LogP contribution in [0.2, 0.25) is 0 Å². The van der Waals surface area contributed by atoms with Gasteiger partial charge in [-0.2, -0.15) is 0 Å². The molecule has 1 amide bonds. The topological polar surface area (TPSA) is 54.9 Å². The summed E-state index contributed by atoms with van der Waals surface area (Å²) in [5, 5.41) is 0.665. The Hall–Kier alpha value is -2.64. The zero-order valence-electron chi connectivity index (χ0n) is 17.1. The van der Waals surface area contributed by atoms with E-state index in [4.69, 9.17) is 14.5 Å². The molecule has 6 nitrogen and oxygen atoms in total. The molecule has 0 fully saturated rings. The van der Waals surface area contributed by atoms with Gasteiger partial charge in [0.25, 0.3) is 5.91 Å². The van der Waals surface area contributed by atoms with Gasteiger partial charge in [-0.25, -0.2) is 4.98 Å². The molecule has 29 heavy (non-hydrogen) atoms. The third-order valence-corrected chi connectivity index (χ3v) is 5.81. The number of carbonyl (C=O) groups is 1. The Bertz CT molecular complexity index is 925. The first kappa shape index (κ1) is 21.1. The number of hydrogen-bond acceptors (Lipinski definition) is 6. The van der Waals surface area contributed by atoms with Crippen molar-refractivity contribution in [2.75, 3.05) is 44.8 Å². The number of hydrogen-bond donors (Lipinski definition) is 0. The number of rotatable bonds is 10. The van der Waals surface area contributed by atoms with Gasteiger partial charge in [0, 0.05) is 13.1 Å². The third-order valence-electron chi connectivity index (χ3n) is 4.76. The molecule has 0 spiro atoms. The van der Waals surface area contributed by atoms with Gasteiger partial charge in [0.05, 0.1) is 11.8 Å². The van der Waals surface area contributed by atoms with Crippen LogP contribution in [0.1, 0.15) is 13.8 Å². The Balaban J connectivity index is 1.83. The molecule has 0 atom stereocenters. The molecule has 0 N–H and O–H groups in total. The molecule has 0 unspecified atom stereocenters. The average Bonchev–Trinajstić information content (AvgIpc) is 3.20. The van der Waals surface area contributed by atoms with Crippen LogP contribution in [0.4, 0.5) is 5.13 Å². The van der Waals surface area contributed by atoms with E-state index in [1.54, 1.807) is 12.0 Å². The molecule has 2 aromatic carbocycles. The van der Waals surface area contributed by atoms with Gasteiger partial charge in [0.1, 0.15) is 17.0 Å². The van der Waals surface area contributed by atoms with Crippen molar-refractivity contribution >= 4 is 32.6 Å². The number of thiazole rings is 1. The normalized spacial score (nSPS) is 11.0. The summed E-state index contributed by atoms with van der Waals surface area (Å²) in [4.78, 5) is 21.8. The number of benzene rings is 2. The Morgan fingerprint density at radius 3 is 2.48 bits per heavy atom. The van der Waals surface area contributed by atoms with Crippen LogP contribution in [0.25, 0.3) is 10.2 Å². The lowest BCUT2D eigenvalue weighted by Crippen LogP contribution is -2.41. The standard InChI is InChI=1S/C22H27N3O3S/c1-4-24(5-2)14-15-25(20(26)16-28-17-10-7-6-8-11-17)22-23-21-18(27-3)12-9-13-19(21)29-22/h6-13H,4-5,14-16H2,1-3H3. The van der Waals surface area contributed by atoms with Crippen molar-refractivity contribution in [3.63, 3.8) is 0 Å². The van der Waals surface area contributed by atoms with Gasteiger partial charge in [0.2, 0.25) is 0 Å². The van der Waals surface area contributed by atoms with Crippen molar-refractivity contribution in [1.82, 2.24) is 9.88 Å². The molecule has 0 aliphatic heterocycles. The van der Waals surface area contributed by atoms with Gasteiger partial charge in [0.15, 0.2) is 11.7 Å². The van der Waals surface area contributed by atoms with Crippen molar-refractivity contribution in [3.8, 4) is 11.5 Å². The van der Waals surface area contributed by atoms with Crippen LogP contribution in [0, 0.1) is 0 Å². The molecule has 154 valence electrons. The van der Waals surface area contributed by atoms with E-state index in [2.05, 4.69) is 18.7 Å². The molecular weight excluding hydrogens is 386 g/mol. The number of para-hydroxylation sites is 2. The minimum Gasteiger partial charge on any atom is -0.494 e. The summed E-state index contributed by atoms with van der Waals surface area (Å²) in [7, 11) is 1.63. The van der Waals surface area contributed by atoms with Gasteiger partial charge in [-0.05, 0) is 37.4 Å². The Morgan fingerprint density at radius 2 is 1.79 bits per heavy atom. The molecule has 7 heteroatoms. The van der Waals surface area contributed by atoms with Crippen molar-refractivity contribution < 1.29 is 14.3 Å². The first-order chi connectivity index (χ1) is 14.2. The second-order valence-corrected chi connectivity index (χ2v) is 7.49. The van der Waals surface area contributed by atoms with Crippen LogP contribution in [-0.4, -0.2) is 55.7 Å². The van der Waals surface area contributed by atoms with Crippen molar-refractivity contribution in [1.29, 1.82) is 0 Å². The lowest BCUT2D eigenvalue weighted by Gasteiger charge is -2.24. The Labute approximate surface area is 175 Å². The fourth-order valence-corrected chi connectivity index (χ4v) is 4.07. The summed E-state index contributed by atoms with van der Waals surface area (Å²) < 4.78 is 12.1. The van der Waals surface area contributed by atoms with Crippen LogP contribution in [-0.2, 0) is 4.79 Å². The van der Waals surface area contributed by atoms with Gasteiger partial charge in [-0.3, -0.25) is 9.69 Å². The average molecular weight is 414 g/mol. The highest BCUT2D eigenvalue weighted by molar-refractivity contribution is 7.22. The fourth-order valence-electron chi connectivity index (χ4n) is 3.04. The molecule has 0 saturated carbocycles. The summed E-state index contributed by atoms with van der Waals surface area (Å²) in [6, 6.07) is 15.2. The van der Waals surface area contributed by atoms with Crippen LogP contribution < -0.4 is 14.4 Å². The Kier molecular flexibility index (Phi) is 7.43. The zero-order valence-corrected chi connectivity index (χ0v) is 17.9. The molecular formula is C22H27N3O3S. The molecule has 0 bridgehead atoms. The SMILES string of the molecule is CCN(CC)CCN(C(=O)COc1ccccc1)c1nc2c(OC)cccc2s1. The predicted molar refractivity (Wildman–Crippen MR) is 118 cm³/mol. The first-order valence-corrected chi connectivity index (χ1v) is 10.6. The number of fused-ring (bicyclic) bond motifs is 1. The molecule has 0 saturated heterocycles. The third kappa shape index (κ3) is 5.25. The lowest BCUT2D eigenvalue weighted by molar-refractivity contribution is -0.120. The van der Waals surface area contributed by atoms with E-state index < -0.39 is 0 Å². The number of ether oxygens (including phenoxy) is 2. The molecule has 3 rings (SSSR count). The van der Waals surface area contributed by atoms with Crippen LogP contribution >= 0.6 is 11.3 Å². The number of nitrogens with zero attached hydrogens (tertiary/aromatic N) is 3. The van der Waals surface area contributed by atoms with E-state index in [-0.39, 0.29) is 12.5 Å². The van der Waals surface area contributed by atoms with E-state index in [1.807, 2.05) is 48.5 Å². The van der Waals surface area contributed by atoms with Gasteiger partial charge in [-0.15, -0.1) is 0 Å². The number of anilines is 1. The number of amides is 1. The number of aromatic nitrogens is 1. The molecule has 3 aromatic rings. The van der Waals surface area contributed by atoms with E-state index in [9.17, 15) is 4.79 Å². The number of carbonyl (C=O) groups excluding carboxylic acids is 1. The van der Waals surface area contributed by atoms with Crippen LogP contribution in [0.15, 0.2) is 48.5 Å². The zero-order chi connectivity index (χ0) is 20.6. The van der Waals surface area contributed by atoms with Gasteiger partial charge < -0.3 is 14.4 Å². The quantitative estimate of drug-likeness (QED) is 0.502. The molecule has 0 radical (unpaired) electrons. The highest BCUT2D eigenvalue weighted by Gasteiger charge is 2.22. The predicted octanol–water partition coefficient (Wildman–Crippen LogP) is 4.06. The lowest BCUT2D eigenvalue weighted by atomic mass is 10.3. The summed E-state index contributed by atoms with van der Waals surface area (Å²) in [6.45, 7) is 7.42. The summed E-state index contributed by atoms with van der Waals surface area (Å²) in [6.07, 6.45) is 0. The highest BCUT2D eigenvalue weighted by atomic mass is 32.1. The highest BCUT2D eigenvalue weighted by Crippen LogP contribution is 2.34. The van der Waals surface area contributed by atoms with Gasteiger partial charge in [-0.1, -0.05) is 49.4 Å². The van der Waals surface area contributed by atoms with Crippen LogP contribution in [0.5, 0.6) is 11.5 Å². The maximum absolute atomic E-state index is 13.1.